The van der Waals surface area contributed by atoms with Gasteiger partial charge < -0.3 is 5.11 Å². The Morgan fingerprint density at radius 1 is 1.47 bits per heavy atom. The smallest absolute Gasteiger partial charge is 0.382 e. The van der Waals surface area contributed by atoms with Gasteiger partial charge >= 0.3 is 5.97 Å². The summed E-state index contributed by atoms with van der Waals surface area (Å²) in [6.07, 6.45) is 6.38. The lowest BCUT2D eigenvalue weighted by molar-refractivity contribution is -0.130. The fourth-order valence-corrected chi connectivity index (χ4v) is 1.61. The first-order valence-corrected chi connectivity index (χ1v) is 4.96. The van der Waals surface area contributed by atoms with Crippen LogP contribution in [-0.2, 0) is 9.59 Å². The molecular weight excluding hydrogens is 192 g/mol. The second kappa shape index (κ2) is 4.79. The number of hydrogen-bond acceptors (Lipinski definition) is 2. The van der Waals surface area contributed by atoms with Gasteiger partial charge in [0, 0.05) is 18.8 Å². The van der Waals surface area contributed by atoms with E-state index in [0.717, 1.165) is 12.8 Å². The topological polar surface area (TPSA) is 54.4 Å². The highest BCUT2D eigenvalue weighted by Gasteiger charge is 2.27. The summed E-state index contributed by atoms with van der Waals surface area (Å²) in [7, 11) is 0. The van der Waals surface area contributed by atoms with Crippen molar-refractivity contribution in [1.29, 1.82) is 0 Å². The predicted molar refractivity (Wildman–Crippen MR) is 56.1 cm³/mol. The number of carbonyl (C=O) groups excluding carboxylic acids is 1. The van der Waals surface area contributed by atoms with Gasteiger partial charge in [0.25, 0.3) is 0 Å². The van der Waals surface area contributed by atoms with E-state index in [-0.39, 0.29) is 5.41 Å². The van der Waals surface area contributed by atoms with E-state index in [0.29, 0.717) is 18.6 Å². The highest BCUT2D eigenvalue weighted by Crippen LogP contribution is 2.35. The van der Waals surface area contributed by atoms with Gasteiger partial charge in [-0.25, -0.2) is 4.79 Å². The van der Waals surface area contributed by atoms with Crippen LogP contribution in [0.25, 0.3) is 0 Å². The molecule has 0 aromatic rings. The van der Waals surface area contributed by atoms with Crippen LogP contribution in [0.5, 0.6) is 0 Å². The molecule has 1 fully saturated rings. The van der Waals surface area contributed by atoms with E-state index in [1.54, 1.807) is 6.08 Å². The summed E-state index contributed by atoms with van der Waals surface area (Å²) in [5.41, 5.74) is 0.00108. The minimum absolute atomic E-state index is 0.00108. The molecule has 0 saturated heterocycles. The standard InChI is InChI=1S/C12H14O3/c1-12(7-3-2-4-11(14)15)8-5-10(13)6-9-12/h3,7H,5-6,8-9H2,1H3,(H,14,15). The number of rotatable bonds is 1. The van der Waals surface area contributed by atoms with Gasteiger partial charge in [-0.05, 0) is 24.3 Å². The van der Waals surface area contributed by atoms with Gasteiger partial charge in [-0.3, -0.25) is 4.79 Å². The number of carboxylic acids is 1. The van der Waals surface area contributed by atoms with Crippen molar-refractivity contribution < 1.29 is 14.7 Å². The van der Waals surface area contributed by atoms with Crippen LogP contribution >= 0.6 is 0 Å². The second-order valence-corrected chi connectivity index (χ2v) is 4.10. The average molecular weight is 206 g/mol. The van der Waals surface area contributed by atoms with Crippen molar-refractivity contribution in [3.63, 3.8) is 0 Å². The van der Waals surface area contributed by atoms with E-state index < -0.39 is 5.97 Å². The van der Waals surface area contributed by atoms with Crippen LogP contribution < -0.4 is 0 Å². The van der Waals surface area contributed by atoms with E-state index in [4.69, 9.17) is 5.11 Å². The third-order valence-corrected chi connectivity index (χ3v) is 2.70. The quantitative estimate of drug-likeness (QED) is 0.665. The molecule has 1 saturated carbocycles. The van der Waals surface area contributed by atoms with Gasteiger partial charge in [0.15, 0.2) is 0 Å². The van der Waals surface area contributed by atoms with Crippen LogP contribution in [0.1, 0.15) is 32.6 Å². The van der Waals surface area contributed by atoms with Crippen molar-refractivity contribution in [3.05, 3.63) is 12.2 Å². The van der Waals surface area contributed by atoms with Crippen LogP contribution in [-0.4, -0.2) is 16.9 Å². The highest BCUT2D eigenvalue weighted by molar-refractivity contribution is 5.86. The average Bonchev–Trinajstić information content (AvgIpc) is 2.18. The van der Waals surface area contributed by atoms with E-state index in [9.17, 15) is 9.59 Å². The van der Waals surface area contributed by atoms with Crippen LogP contribution in [0, 0.1) is 17.3 Å². The Morgan fingerprint density at radius 2 is 2.07 bits per heavy atom. The summed E-state index contributed by atoms with van der Waals surface area (Å²) in [6, 6.07) is 0. The maximum absolute atomic E-state index is 11.0. The van der Waals surface area contributed by atoms with Crippen molar-refractivity contribution in [3.8, 4) is 11.8 Å². The second-order valence-electron chi connectivity index (χ2n) is 4.10. The minimum Gasteiger partial charge on any atom is -0.472 e. The molecule has 0 radical (unpaired) electrons. The van der Waals surface area contributed by atoms with Crippen molar-refractivity contribution in [2.24, 2.45) is 5.41 Å². The summed E-state index contributed by atoms with van der Waals surface area (Å²) in [5.74, 6) is 3.67. The molecule has 15 heavy (non-hydrogen) atoms. The Morgan fingerprint density at radius 3 is 2.60 bits per heavy atom. The zero-order valence-electron chi connectivity index (χ0n) is 8.75. The summed E-state index contributed by atoms with van der Waals surface area (Å²) < 4.78 is 0. The Bertz CT molecular complexity index is 345. The molecule has 0 atom stereocenters. The fourth-order valence-electron chi connectivity index (χ4n) is 1.61. The monoisotopic (exact) mass is 206 g/mol. The maximum Gasteiger partial charge on any atom is 0.382 e. The molecule has 0 unspecified atom stereocenters. The van der Waals surface area contributed by atoms with Gasteiger partial charge in [-0.15, -0.1) is 0 Å². The van der Waals surface area contributed by atoms with Gasteiger partial charge in [-0.2, -0.15) is 0 Å². The molecule has 0 bridgehead atoms. The Hall–Kier alpha value is -1.56. The molecule has 0 heterocycles. The van der Waals surface area contributed by atoms with E-state index >= 15 is 0 Å². The summed E-state index contributed by atoms with van der Waals surface area (Å²) in [4.78, 5) is 21.2. The zero-order chi connectivity index (χ0) is 11.3. The number of carbonyl (C=O) groups is 2. The first-order valence-electron chi connectivity index (χ1n) is 4.96. The molecule has 3 nitrogen and oxygen atoms in total. The molecule has 0 aromatic carbocycles. The van der Waals surface area contributed by atoms with Crippen molar-refractivity contribution in [2.75, 3.05) is 0 Å². The maximum atomic E-state index is 11.0. The molecule has 80 valence electrons. The molecule has 1 aliphatic carbocycles. The highest BCUT2D eigenvalue weighted by atomic mass is 16.4. The van der Waals surface area contributed by atoms with Crippen LogP contribution in [0.15, 0.2) is 12.2 Å². The third kappa shape index (κ3) is 3.99. The first-order chi connectivity index (χ1) is 7.02. The minimum atomic E-state index is -1.12. The predicted octanol–water partition coefficient (Wildman–Crippen LogP) is 1.78. The molecule has 0 aromatic heterocycles. The lowest BCUT2D eigenvalue weighted by Crippen LogP contribution is -2.22. The van der Waals surface area contributed by atoms with Crippen LogP contribution in [0.2, 0.25) is 0 Å². The van der Waals surface area contributed by atoms with E-state index in [2.05, 4.69) is 12.8 Å². The van der Waals surface area contributed by atoms with Gasteiger partial charge in [0.2, 0.25) is 0 Å². The van der Waals surface area contributed by atoms with Crippen LogP contribution in [0.4, 0.5) is 0 Å². The lowest BCUT2D eigenvalue weighted by atomic mass is 9.75. The summed E-state index contributed by atoms with van der Waals surface area (Å²) in [6.45, 7) is 2.07. The summed E-state index contributed by atoms with van der Waals surface area (Å²) in [5, 5.41) is 8.30. The molecule has 1 N–H and O–H groups in total. The van der Waals surface area contributed by atoms with Crippen molar-refractivity contribution >= 4 is 11.8 Å². The van der Waals surface area contributed by atoms with Gasteiger partial charge in [0.1, 0.15) is 5.78 Å². The molecule has 0 amide bonds. The van der Waals surface area contributed by atoms with Crippen LogP contribution in [0.3, 0.4) is 0 Å². The summed E-state index contributed by atoms with van der Waals surface area (Å²) >= 11 is 0. The lowest BCUT2D eigenvalue weighted by Gasteiger charge is -2.29. The fraction of sp³-hybridized carbons (Fsp3) is 0.500. The van der Waals surface area contributed by atoms with Gasteiger partial charge in [-0.1, -0.05) is 18.9 Å². The number of aliphatic carboxylic acids is 1. The molecule has 1 rings (SSSR count). The zero-order valence-corrected chi connectivity index (χ0v) is 8.75. The molecule has 3 heteroatoms. The van der Waals surface area contributed by atoms with Crippen molar-refractivity contribution in [2.45, 2.75) is 32.6 Å². The molecule has 1 aliphatic rings. The van der Waals surface area contributed by atoms with Crippen molar-refractivity contribution in [1.82, 2.24) is 0 Å². The number of allylic oxidation sites excluding steroid dienone is 2. The Labute approximate surface area is 89.2 Å². The normalized spacial score (nSPS) is 19.7. The van der Waals surface area contributed by atoms with Gasteiger partial charge in [0.05, 0.1) is 0 Å². The molecule has 0 aliphatic heterocycles. The first kappa shape index (κ1) is 11.5. The number of carboxylic acid groups (broad SMARTS) is 1. The number of hydrogen-bond donors (Lipinski definition) is 1. The Kier molecular flexibility index (Phi) is 3.68. The van der Waals surface area contributed by atoms with E-state index in [1.807, 2.05) is 12.0 Å². The third-order valence-electron chi connectivity index (χ3n) is 2.70. The molecular formula is C12H14O3. The Balaban J connectivity index is 2.54. The largest absolute Gasteiger partial charge is 0.472 e. The SMILES string of the molecule is CC1(C=CC#CC(=O)O)CCC(=O)CC1. The number of Topliss-reactive ketones (excluding diaryl/α,β-unsaturated/α-hetero) is 1. The number of ketones is 1. The van der Waals surface area contributed by atoms with E-state index in [1.165, 1.54) is 0 Å². The molecule has 0 spiro atoms.